The highest BCUT2D eigenvalue weighted by molar-refractivity contribution is 6.32. The largest absolute Gasteiger partial charge is 0.497 e. The second-order valence-electron chi connectivity index (χ2n) is 5.83. The van der Waals surface area contributed by atoms with Crippen molar-refractivity contribution < 1.29 is 19.0 Å². The number of hydrogen-bond acceptors (Lipinski definition) is 9. The van der Waals surface area contributed by atoms with Gasteiger partial charge in [0.05, 0.1) is 26.0 Å². The normalized spacial score (nSPS) is 10.6. The number of aromatic nitrogens is 2. The Morgan fingerprint density at radius 1 is 1.13 bits per heavy atom. The molecule has 10 heteroatoms. The van der Waals surface area contributed by atoms with E-state index in [9.17, 15) is 4.79 Å². The summed E-state index contributed by atoms with van der Waals surface area (Å²) >= 11 is 5.84. The lowest BCUT2D eigenvalue weighted by Crippen LogP contribution is -2.09. The van der Waals surface area contributed by atoms with Crippen molar-refractivity contribution in [2.45, 2.75) is 0 Å². The number of esters is 1. The Morgan fingerprint density at radius 2 is 1.97 bits per heavy atom. The highest BCUT2D eigenvalue weighted by Gasteiger charge is 2.13. The third-order valence-corrected chi connectivity index (χ3v) is 4.22. The van der Waals surface area contributed by atoms with Crippen LogP contribution in [0.5, 0.6) is 17.2 Å². The number of nitrogens with two attached hydrogens (primary N) is 1. The van der Waals surface area contributed by atoms with Gasteiger partial charge < -0.3 is 19.9 Å². The molecule has 1 heterocycles. The van der Waals surface area contributed by atoms with Gasteiger partial charge in [0.1, 0.15) is 17.8 Å². The first-order valence-corrected chi connectivity index (χ1v) is 8.99. The van der Waals surface area contributed by atoms with Gasteiger partial charge in [0, 0.05) is 0 Å². The maximum atomic E-state index is 12.4. The fourth-order valence-corrected chi connectivity index (χ4v) is 2.52. The molecule has 0 aliphatic heterocycles. The molecule has 0 unspecified atom stereocenters. The van der Waals surface area contributed by atoms with Crippen LogP contribution in [0.15, 0.2) is 53.9 Å². The van der Waals surface area contributed by atoms with Crippen molar-refractivity contribution in [1.82, 2.24) is 9.97 Å². The Labute approximate surface area is 177 Å². The standard InChI is InChI=1S/C20H18ClN5O4/c1-28-14-5-3-4-13(9-14)20(27)30-15-7-6-12(8-16(15)29-2)10-25-26-19-17(22)18(21)23-11-24-19/h3-11H,22H2,1-2H3,(H,23,24,26)/b25-10+. The van der Waals surface area contributed by atoms with Crippen LogP contribution in [0.1, 0.15) is 15.9 Å². The molecule has 0 aliphatic carbocycles. The van der Waals surface area contributed by atoms with Crippen LogP contribution in [0.4, 0.5) is 11.5 Å². The number of rotatable bonds is 7. The van der Waals surface area contributed by atoms with Crippen molar-refractivity contribution in [3.8, 4) is 17.2 Å². The van der Waals surface area contributed by atoms with E-state index < -0.39 is 5.97 Å². The van der Waals surface area contributed by atoms with Crippen molar-refractivity contribution >= 4 is 35.3 Å². The van der Waals surface area contributed by atoms with Crippen LogP contribution < -0.4 is 25.4 Å². The maximum Gasteiger partial charge on any atom is 0.343 e. The predicted octanol–water partition coefficient (Wildman–Crippen LogP) is 3.39. The van der Waals surface area contributed by atoms with Gasteiger partial charge in [0.15, 0.2) is 22.5 Å². The van der Waals surface area contributed by atoms with E-state index in [2.05, 4.69) is 20.5 Å². The molecule has 1 aromatic heterocycles. The lowest BCUT2D eigenvalue weighted by Gasteiger charge is -2.10. The summed E-state index contributed by atoms with van der Waals surface area (Å²) < 4.78 is 15.9. The second kappa shape index (κ2) is 9.57. The molecule has 0 saturated heterocycles. The highest BCUT2D eigenvalue weighted by Crippen LogP contribution is 2.29. The zero-order chi connectivity index (χ0) is 21.5. The zero-order valence-corrected chi connectivity index (χ0v) is 16.9. The summed E-state index contributed by atoms with van der Waals surface area (Å²) in [6.45, 7) is 0. The average molecular weight is 428 g/mol. The van der Waals surface area contributed by atoms with Crippen LogP contribution in [-0.2, 0) is 0 Å². The molecule has 0 bridgehead atoms. The van der Waals surface area contributed by atoms with E-state index in [4.69, 9.17) is 31.5 Å². The molecule has 9 nitrogen and oxygen atoms in total. The van der Waals surface area contributed by atoms with Crippen LogP contribution in [0.3, 0.4) is 0 Å². The molecule has 2 aromatic carbocycles. The quantitative estimate of drug-likeness (QED) is 0.193. The smallest absolute Gasteiger partial charge is 0.343 e. The molecule has 3 aromatic rings. The van der Waals surface area contributed by atoms with Crippen LogP contribution in [-0.4, -0.2) is 36.4 Å². The summed E-state index contributed by atoms with van der Waals surface area (Å²) in [6.07, 6.45) is 2.79. The number of benzene rings is 2. The van der Waals surface area contributed by atoms with Gasteiger partial charge in [-0.3, -0.25) is 5.43 Å². The molecule has 0 amide bonds. The highest BCUT2D eigenvalue weighted by atomic mass is 35.5. The molecule has 154 valence electrons. The van der Waals surface area contributed by atoms with E-state index in [1.54, 1.807) is 42.5 Å². The zero-order valence-electron chi connectivity index (χ0n) is 16.1. The Morgan fingerprint density at radius 3 is 2.73 bits per heavy atom. The van der Waals surface area contributed by atoms with Crippen molar-refractivity contribution in [2.24, 2.45) is 5.10 Å². The van der Waals surface area contributed by atoms with Gasteiger partial charge >= 0.3 is 5.97 Å². The number of hydrogen-bond donors (Lipinski definition) is 2. The van der Waals surface area contributed by atoms with Gasteiger partial charge in [0.2, 0.25) is 0 Å². The first kappa shape index (κ1) is 20.9. The average Bonchev–Trinajstić information content (AvgIpc) is 2.77. The van der Waals surface area contributed by atoms with Crippen molar-refractivity contribution in [2.75, 3.05) is 25.4 Å². The van der Waals surface area contributed by atoms with Gasteiger partial charge in [-0.25, -0.2) is 14.8 Å². The van der Waals surface area contributed by atoms with Crippen molar-refractivity contribution in [1.29, 1.82) is 0 Å². The molecule has 0 atom stereocenters. The molecule has 0 fully saturated rings. The third kappa shape index (κ3) is 4.95. The first-order valence-electron chi connectivity index (χ1n) is 8.61. The van der Waals surface area contributed by atoms with E-state index in [1.165, 1.54) is 26.8 Å². The Kier molecular flexibility index (Phi) is 6.66. The number of nitrogen functional groups attached to an aromatic ring is 1. The van der Waals surface area contributed by atoms with E-state index in [0.717, 1.165) is 0 Å². The van der Waals surface area contributed by atoms with Crippen LogP contribution in [0.2, 0.25) is 5.15 Å². The number of nitrogens with one attached hydrogen (secondary N) is 1. The van der Waals surface area contributed by atoms with Crippen molar-refractivity contribution in [3.63, 3.8) is 0 Å². The molecule has 0 radical (unpaired) electrons. The van der Waals surface area contributed by atoms with Gasteiger partial charge in [-0.1, -0.05) is 17.7 Å². The van der Waals surface area contributed by atoms with Gasteiger partial charge in [0.25, 0.3) is 0 Å². The number of carbonyl (C=O) groups is 1. The number of methoxy groups -OCH3 is 2. The fraction of sp³-hybridized carbons (Fsp3) is 0.100. The molecule has 0 saturated carbocycles. The second-order valence-corrected chi connectivity index (χ2v) is 6.19. The number of anilines is 2. The van der Waals surface area contributed by atoms with Crippen LogP contribution in [0.25, 0.3) is 0 Å². The molecule has 0 spiro atoms. The lowest BCUT2D eigenvalue weighted by molar-refractivity contribution is 0.0729. The molecule has 3 N–H and O–H groups in total. The molecular formula is C20H18ClN5O4. The number of carbonyl (C=O) groups excluding carboxylic acids is 1. The molecule has 0 aliphatic rings. The van der Waals surface area contributed by atoms with Gasteiger partial charge in [-0.2, -0.15) is 5.10 Å². The van der Waals surface area contributed by atoms with Gasteiger partial charge in [-0.05, 0) is 42.0 Å². The number of hydrazone groups is 1. The van der Waals surface area contributed by atoms with E-state index in [1.807, 2.05) is 0 Å². The Hall–Kier alpha value is -3.85. The first-order chi connectivity index (χ1) is 14.5. The minimum Gasteiger partial charge on any atom is -0.497 e. The monoisotopic (exact) mass is 427 g/mol. The maximum absolute atomic E-state index is 12.4. The predicted molar refractivity (Wildman–Crippen MR) is 114 cm³/mol. The number of ether oxygens (including phenoxy) is 3. The lowest BCUT2D eigenvalue weighted by atomic mass is 10.2. The minimum absolute atomic E-state index is 0.131. The van der Waals surface area contributed by atoms with Gasteiger partial charge in [-0.15, -0.1) is 0 Å². The topological polar surface area (TPSA) is 121 Å². The summed E-state index contributed by atoms with van der Waals surface area (Å²) in [4.78, 5) is 20.1. The minimum atomic E-state index is -0.536. The van der Waals surface area contributed by atoms with E-state index >= 15 is 0 Å². The summed E-state index contributed by atoms with van der Waals surface area (Å²) in [5.41, 5.74) is 9.68. The Balaban J connectivity index is 1.72. The third-order valence-electron chi connectivity index (χ3n) is 3.92. The summed E-state index contributed by atoms with van der Waals surface area (Å²) in [7, 11) is 3.00. The SMILES string of the molecule is COc1cccc(C(=O)Oc2ccc(/C=N/Nc3ncnc(Cl)c3N)cc2OC)c1. The Bertz CT molecular complexity index is 1090. The van der Waals surface area contributed by atoms with Crippen LogP contribution >= 0.6 is 11.6 Å². The summed E-state index contributed by atoms with van der Waals surface area (Å²) in [5, 5.41) is 4.20. The van der Waals surface area contributed by atoms with E-state index in [0.29, 0.717) is 22.6 Å². The summed E-state index contributed by atoms with van der Waals surface area (Å²) in [6, 6.07) is 11.6. The molecular weight excluding hydrogens is 410 g/mol. The molecule has 3 rings (SSSR count). The number of nitrogens with zero attached hydrogens (tertiary/aromatic N) is 3. The van der Waals surface area contributed by atoms with Crippen LogP contribution in [0, 0.1) is 0 Å². The fourth-order valence-electron chi connectivity index (χ4n) is 2.39. The van der Waals surface area contributed by atoms with Crippen molar-refractivity contribution in [3.05, 3.63) is 65.1 Å². The van der Waals surface area contributed by atoms with E-state index in [-0.39, 0.29) is 22.4 Å². The molecule has 30 heavy (non-hydrogen) atoms. The summed E-state index contributed by atoms with van der Waals surface area (Å²) in [5.74, 6) is 0.927. The number of halogens is 1.